The Morgan fingerprint density at radius 1 is 1.25 bits per heavy atom. The summed E-state index contributed by atoms with van der Waals surface area (Å²) in [4.78, 5) is 34.6. The molecular formula is C13H13ClN2O4. The third kappa shape index (κ3) is 3.48. The van der Waals surface area contributed by atoms with E-state index in [1.54, 1.807) is 0 Å². The van der Waals surface area contributed by atoms with Crippen LogP contribution in [0.4, 0.5) is 5.69 Å². The molecule has 0 saturated heterocycles. The summed E-state index contributed by atoms with van der Waals surface area (Å²) in [6.45, 7) is 0. The van der Waals surface area contributed by atoms with Crippen molar-refractivity contribution in [3.8, 4) is 0 Å². The van der Waals surface area contributed by atoms with Gasteiger partial charge in [-0.1, -0.05) is 11.6 Å². The Kier molecular flexibility index (Phi) is 4.24. The normalized spacial score (nSPS) is 13.5. The fraction of sp³-hybridized carbons (Fsp3) is 0.308. The highest BCUT2D eigenvalue weighted by Crippen LogP contribution is 2.23. The van der Waals surface area contributed by atoms with Crippen molar-refractivity contribution < 1.29 is 19.1 Å². The quantitative estimate of drug-likeness (QED) is 0.651. The summed E-state index contributed by atoms with van der Waals surface area (Å²) in [5.74, 6) is -2.09. The molecule has 1 aliphatic carbocycles. The van der Waals surface area contributed by atoms with Crippen molar-refractivity contribution >= 4 is 35.1 Å². The SMILES string of the molecule is COC(=O)c1ccc(Cl)c(NC(=O)C(=O)NC2CC2)c1. The first-order chi connectivity index (χ1) is 9.51. The molecule has 1 aromatic carbocycles. The van der Waals surface area contributed by atoms with Crippen LogP contribution in [0, 0.1) is 0 Å². The fourth-order valence-corrected chi connectivity index (χ4v) is 1.69. The molecule has 0 aliphatic heterocycles. The number of anilines is 1. The minimum absolute atomic E-state index is 0.0881. The zero-order valence-electron chi connectivity index (χ0n) is 10.7. The van der Waals surface area contributed by atoms with E-state index in [0.717, 1.165) is 12.8 Å². The Hall–Kier alpha value is -2.08. The van der Waals surface area contributed by atoms with Gasteiger partial charge in [0.15, 0.2) is 0 Å². The summed E-state index contributed by atoms with van der Waals surface area (Å²) in [5, 5.41) is 5.16. The summed E-state index contributed by atoms with van der Waals surface area (Å²) in [5.41, 5.74) is 0.417. The fourth-order valence-electron chi connectivity index (χ4n) is 1.52. The lowest BCUT2D eigenvalue weighted by Crippen LogP contribution is -2.36. The maximum atomic E-state index is 11.7. The largest absolute Gasteiger partial charge is 0.465 e. The van der Waals surface area contributed by atoms with E-state index in [4.69, 9.17) is 11.6 Å². The molecule has 106 valence electrons. The standard InChI is InChI=1S/C13H13ClN2O4/c1-20-13(19)7-2-5-9(14)10(6-7)16-12(18)11(17)15-8-3-4-8/h2,5-6,8H,3-4H2,1H3,(H,15,17)(H,16,18). The lowest BCUT2D eigenvalue weighted by molar-refractivity contribution is -0.136. The summed E-state index contributed by atoms with van der Waals surface area (Å²) in [7, 11) is 1.25. The van der Waals surface area contributed by atoms with Crippen molar-refractivity contribution in [2.24, 2.45) is 0 Å². The molecule has 0 atom stereocenters. The maximum Gasteiger partial charge on any atom is 0.337 e. The molecule has 0 heterocycles. The zero-order valence-corrected chi connectivity index (χ0v) is 11.5. The molecule has 0 spiro atoms. The van der Waals surface area contributed by atoms with Crippen molar-refractivity contribution in [3.63, 3.8) is 0 Å². The molecule has 7 heteroatoms. The van der Waals surface area contributed by atoms with Gasteiger partial charge in [0, 0.05) is 6.04 Å². The Morgan fingerprint density at radius 3 is 2.55 bits per heavy atom. The van der Waals surface area contributed by atoms with Gasteiger partial charge in [-0.15, -0.1) is 0 Å². The highest BCUT2D eigenvalue weighted by atomic mass is 35.5. The van der Waals surface area contributed by atoms with Crippen LogP contribution >= 0.6 is 11.6 Å². The van der Waals surface area contributed by atoms with E-state index in [-0.39, 0.29) is 22.3 Å². The van der Waals surface area contributed by atoms with Gasteiger partial charge < -0.3 is 15.4 Å². The molecule has 1 aromatic rings. The summed E-state index contributed by atoms with van der Waals surface area (Å²) in [6.07, 6.45) is 1.77. The third-order valence-corrected chi connectivity index (χ3v) is 3.08. The minimum atomic E-state index is -0.819. The number of hydrogen-bond donors (Lipinski definition) is 2. The van der Waals surface area contributed by atoms with Crippen molar-refractivity contribution in [1.82, 2.24) is 5.32 Å². The minimum Gasteiger partial charge on any atom is -0.465 e. The number of ether oxygens (including phenoxy) is 1. The van der Waals surface area contributed by atoms with E-state index >= 15 is 0 Å². The van der Waals surface area contributed by atoms with Gasteiger partial charge in [-0.25, -0.2) is 4.79 Å². The second-order valence-electron chi connectivity index (χ2n) is 4.39. The summed E-state index contributed by atoms with van der Waals surface area (Å²) >= 11 is 5.91. The first-order valence-electron chi connectivity index (χ1n) is 6.01. The average molecular weight is 297 g/mol. The number of esters is 1. The molecule has 1 aliphatic rings. The second kappa shape index (κ2) is 5.92. The van der Waals surface area contributed by atoms with E-state index in [1.807, 2.05) is 0 Å². The molecule has 0 aromatic heterocycles. The Morgan fingerprint density at radius 2 is 1.95 bits per heavy atom. The van der Waals surface area contributed by atoms with Gasteiger partial charge in [0.2, 0.25) is 0 Å². The van der Waals surface area contributed by atoms with Crippen LogP contribution in [0.3, 0.4) is 0 Å². The molecule has 2 amide bonds. The van der Waals surface area contributed by atoms with Gasteiger partial charge in [-0.3, -0.25) is 9.59 Å². The number of nitrogens with one attached hydrogen (secondary N) is 2. The third-order valence-electron chi connectivity index (χ3n) is 2.75. The summed E-state index contributed by atoms with van der Waals surface area (Å²) < 4.78 is 4.57. The number of rotatable bonds is 3. The number of carbonyl (C=O) groups excluding carboxylic acids is 3. The van der Waals surface area contributed by atoms with Crippen molar-refractivity contribution in [2.75, 3.05) is 12.4 Å². The van der Waals surface area contributed by atoms with Gasteiger partial charge in [0.25, 0.3) is 0 Å². The Labute approximate surface area is 120 Å². The van der Waals surface area contributed by atoms with E-state index < -0.39 is 17.8 Å². The number of amides is 2. The predicted molar refractivity (Wildman–Crippen MR) is 72.6 cm³/mol. The van der Waals surface area contributed by atoms with Crippen molar-refractivity contribution in [2.45, 2.75) is 18.9 Å². The molecule has 0 bridgehead atoms. The highest BCUT2D eigenvalue weighted by molar-refractivity contribution is 6.41. The van der Waals surface area contributed by atoms with E-state index in [0.29, 0.717) is 0 Å². The van der Waals surface area contributed by atoms with Crippen LogP contribution in [0.5, 0.6) is 0 Å². The molecule has 20 heavy (non-hydrogen) atoms. The van der Waals surface area contributed by atoms with Crippen LogP contribution < -0.4 is 10.6 Å². The topological polar surface area (TPSA) is 84.5 Å². The molecule has 6 nitrogen and oxygen atoms in total. The number of methoxy groups -OCH3 is 1. The van der Waals surface area contributed by atoms with Crippen LogP contribution in [-0.4, -0.2) is 30.9 Å². The van der Waals surface area contributed by atoms with E-state index in [9.17, 15) is 14.4 Å². The van der Waals surface area contributed by atoms with Crippen LogP contribution in [-0.2, 0) is 14.3 Å². The van der Waals surface area contributed by atoms with E-state index in [2.05, 4.69) is 15.4 Å². The lowest BCUT2D eigenvalue weighted by atomic mass is 10.2. The molecule has 1 fully saturated rings. The summed E-state index contributed by atoms with van der Waals surface area (Å²) in [6, 6.07) is 4.36. The Bertz CT molecular complexity index is 569. The maximum absolute atomic E-state index is 11.7. The predicted octanol–water partition coefficient (Wildman–Crippen LogP) is 1.34. The molecule has 0 radical (unpaired) electrons. The van der Waals surface area contributed by atoms with Crippen molar-refractivity contribution in [1.29, 1.82) is 0 Å². The number of hydrogen-bond acceptors (Lipinski definition) is 4. The lowest BCUT2D eigenvalue weighted by Gasteiger charge is -2.08. The molecule has 2 rings (SSSR count). The average Bonchev–Trinajstić information content (AvgIpc) is 3.24. The molecule has 1 saturated carbocycles. The van der Waals surface area contributed by atoms with Gasteiger partial charge >= 0.3 is 17.8 Å². The zero-order chi connectivity index (χ0) is 14.7. The van der Waals surface area contributed by atoms with Crippen LogP contribution in [0.15, 0.2) is 18.2 Å². The first kappa shape index (κ1) is 14.3. The van der Waals surface area contributed by atoms with Gasteiger partial charge in [-0.2, -0.15) is 0 Å². The van der Waals surface area contributed by atoms with Crippen LogP contribution in [0.2, 0.25) is 5.02 Å². The van der Waals surface area contributed by atoms with Crippen LogP contribution in [0.1, 0.15) is 23.2 Å². The van der Waals surface area contributed by atoms with Crippen LogP contribution in [0.25, 0.3) is 0 Å². The van der Waals surface area contributed by atoms with E-state index in [1.165, 1.54) is 25.3 Å². The highest BCUT2D eigenvalue weighted by Gasteiger charge is 2.26. The number of carbonyl (C=O) groups is 3. The molecule has 2 N–H and O–H groups in total. The molecular weight excluding hydrogens is 284 g/mol. The molecule has 0 unspecified atom stereocenters. The number of benzene rings is 1. The smallest absolute Gasteiger partial charge is 0.337 e. The van der Waals surface area contributed by atoms with Gasteiger partial charge in [-0.05, 0) is 31.0 Å². The van der Waals surface area contributed by atoms with Crippen molar-refractivity contribution in [3.05, 3.63) is 28.8 Å². The second-order valence-corrected chi connectivity index (χ2v) is 4.80. The Balaban J connectivity index is 2.08. The number of halogens is 1. The van der Waals surface area contributed by atoms with Gasteiger partial charge in [0.05, 0.1) is 23.4 Å². The monoisotopic (exact) mass is 296 g/mol. The van der Waals surface area contributed by atoms with Gasteiger partial charge in [0.1, 0.15) is 0 Å². The first-order valence-corrected chi connectivity index (χ1v) is 6.38.